The molecule has 19 heavy (non-hydrogen) atoms. The van der Waals surface area contributed by atoms with E-state index in [0.717, 1.165) is 49.5 Å². The van der Waals surface area contributed by atoms with Crippen LogP contribution in [-0.2, 0) is 11.6 Å². The van der Waals surface area contributed by atoms with E-state index in [1.54, 1.807) is 6.07 Å². The van der Waals surface area contributed by atoms with Crippen LogP contribution in [0.1, 0.15) is 50.7 Å². The predicted octanol–water partition coefficient (Wildman–Crippen LogP) is 4.97. The fraction of sp³-hybridized carbons (Fsp3) is 0.600. The van der Waals surface area contributed by atoms with Crippen LogP contribution in [0.15, 0.2) is 18.2 Å². The number of hydrogen-bond donors (Lipinski definition) is 1. The zero-order chi connectivity index (χ0) is 14.1. The van der Waals surface area contributed by atoms with Crippen LogP contribution in [0.25, 0.3) is 0 Å². The van der Waals surface area contributed by atoms with Crippen molar-refractivity contribution >= 4 is 5.69 Å². The van der Waals surface area contributed by atoms with E-state index in [9.17, 15) is 13.2 Å². The minimum absolute atomic E-state index is 0.132. The van der Waals surface area contributed by atoms with Crippen molar-refractivity contribution in [2.24, 2.45) is 0 Å². The molecule has 0 spiro atoms. The SMILES string of the molecule is CCCCC1(CC)CNc2ccc(C(F)(F)F)cc21. The highest BCUT2D eigenvalue weighted by molar-refractivity contribution is 5.61. The summed E-state index contributed by atoms with van der Waals surface area (Å²) in [5.41, 5.74) is 1.04. The lowest BCUT2D eigenvalue weighted by Crippen LogP contribution is -2.27. The highest BCUT2D eigenvalue weighted by atomic mass is 19.4. The van der Waals surface area contributed by atoms with E-state index in [0.29, 0.717) is 0 Å². The Balaban J connectivity index is 2.41. The number of benzene rings is 1. The van der Waals surface area contributed by atoms with Gasteiger partial charge in [-0.2, -0.15) is 13.2 Å². The summed E-state index contributed by atoms with van der Waals surface area (Å²) in [7, 11) is 0. The molecule has 4 heteroatoms. The van der Waals surface area contributed by atoms with E-state index in [1.807, 2.05) is 0 Å². The number of anilines is 1. The molecule has 106 valence electrons. The van der Waals surface area contributed by atoms with E-state index in [-0.39, 0.29) is 5.41 Å². The number of alkyl halides is 3. The van der Waals surface area contributed by atoms with Crippen LogP contribution in [-0.4, -0.2) is 6.54 Å². The largest absolute Gasteiger partial charge is 0.416 e. The van der Waals surface area contributed by atoms with Crippen molar-refractivity contribution in [1.29, 1.82) is 0 Å². The lowest BCUT2D eigenvalue weighted by atomic mass is 9.75. The molecule has 0 aliphatic carbocycles. The molecule has 0 fully saturated rings. The fourth-order valence-corrected chi connectivity index (χ4v) is 2.90. The number of nitrogens with one attached hydrogen (secondary N) is 1. The van der Waals surface area contributed by atoms with Gasteiger partial charge in [0.1, 0.15) is 0 Å². The molecule has 2 rings (SSSR count). The summed E-state index contributed by atoms with van der Waals surface area (Å²) < 4.78 is 38.5. The molecular weight excluding hydrogens is 251 g/mol. The minimum atomic E-state index is -4.26. The van der Waals surface area contributed by atoms with Gasteiger partial charge in [0.25, 0.3) is 0 Å². The lowest BCUT2D eigenvalue weighted by Gasteiger charge is -2.28. The molecule has 1 aliphatic rings. The summed E-state index contributed by atoms with van der Waals surface area (Å²) in [6.45, 7) is 4.92. The Labute approximate surface area is 112 Å². The van der Waals surface area contributed by atoms with E-state index in [4.69, 9.17) is 0 Å². The Kier molecular flexibility index (Phi) is 3.79. The third-order valence-corrected chi connectivity index (χ3v) is 4.22. The standard InChI is InChI=1S/C15H20F3N/c1-3-5-8-14(4-2)10-19-13-7-6-11(9-12(13)14)15(16,17)18/h6-7,9,19H,3-5,8,10H2,1-2H3. The first kappa shape index (κ1) is 14.2. The molecule has 0 bridgehead atoms. The fourth-order valence-electron chi connectivity index (χ4n) is 2.90. The molecule has 1 aliphatic heterocycles. The van der Waals surface area contributed by atoms with Gasteiger partial charge in [0.05, 0.1) is 5.56 Å². The van der Waals surface area contributed by atoms with Crippen LogP contribution in [0.4, 0.5) is 18.9 Å². The van der Waals surface area contributed by atoms with Crippen LogP contribution in [0.5, 0.6) is 0 Å². The van der Waals surface area contributed by atoms with Gasteiger partial charge in [-0.05, 0) is 36.6 Å². The Hall–Kier alpha value is -1.19. The number of halogens is 3. The van der Waals surface area contributed by atoms with Gasteiger partial charge in [-0.25, -0.2) is 0 Å². The normalized spacial score (nSPS) is 22.2. The highest BCUT2D eigenvalue weighted by Crippen LogP contribution is 2.45. The van der Waals surface area contributed by atoms with Gasteiger partial charge >= 0.3 is 6.18 Å². The summed E-state index contributed by atoms with van der Waals surface area (Å²) in [5.74, 6) is 0. The maximum atomic E-state index is 12.8. The van der Waals surface area contributed by atoms with Crippen LogP contribution in [0, 0.1) is 0 Å². The second kappa shape index (κ2) is 5.06. The number of hydrogen-bond acceptors (Lipinski definition) is 1. The van der Waals surface area contributed by atoms with E-state index >= 15 is 0 Å². The molecule has 0 saturated carbocycles. The van der Waals surface area contributed by atoms with Crippen LogP contribution >= 0.6 is 0 Å². The van der Waals surface area contributed by atoms with Crippen molar-refractivity contribution in [3.05, 3.63) is 29.3 Å². The maximum absolute atomic E-state index is 12.8. The Morgan fingerprint density at radius 1 is 1.26 bits per heavy atom. The van der Waals surface area contributed by atoms with Gasteiger partial charge in [0, 0.05) is 17.6 Å². The zero-order valence-corrected chi connectivity index (χ0v) is 11.4. The second-order valence-corrected chi connectivity index (χ2v) is 5.35. The molecule has 0 aromatic heterocycles. The molecule has 0 radical (unpaired) electrons. The van der Waals surface area contributed by atoms with Gasteiger partial charge in [-0.1, -0.05) is 26.7 Å². The Morgan fingerprint density at radius 3 is 2.58 bits per heavy atom. The van der Waals surface area contributed by atoms with Gasteiger partial charge in [0.15, 0.2) is 0 Å². The molecule has 1 N–H and O–H groups in total. The molecule has 1 atom stereocenters. The van der Waals surface area contributed by atoms with Crippen molar-refractivity contribution in [3.8, 4) is 0 Å². The van der Waals surface area contributed by atoms with Gasteiger partial charge in [-0.15, -0.1) is 0 Å². The van der Waals surface area contributed by atoms with E-state index in [2.05, 4.69) is 19.2 Å². The van der Waals surface area contributed by atoms with Crippen LogP contribution in [0.3, 0.4) is 0 Å². The lowest BCUT2D eigenvalue weighted by molar-refractivity contribution is -0.137. The molecule has 0 saturated heterocycles. The Bertz CT molecular complexity index is 453. The maximum Gasteiger partial charge on any atom is 0.416 e. The first-order valence-electron chi connectivity index (χ1n) is 6.88. The van der Waals surface area contributed by atoms with Crippen molar-refractivity contribution in [2.45, 2.75) is 51.1 Å². The predicted molar refractivity (Wildman–Crippen MR) is 71.4 cm³/mol. The quantitative estimate of drug-likeness (QED) is 0.815. The first-order chi connectivity index (χ1) is 8.93. The van der Waals surface area contributed by atoms with Gasteiger partial charge in [0.2, 0.25) is 0 Å². The average Bonchev–Trinajstić information content (AvgIpc) is 2.74. The summed E-state index contributed by atoms with van der Waals surface area (Å²) in [4.78, 5) is 0. The number of fused-ring (bicyclic) bond motifs is 1. The Morgan fingerprint density at radius 2 is 2.00 bits per heavy atom. The molecule has 1 heterocycles. The molecule has 1 unspecified atom stereocenters. The third kappa shape index (κ3) is 2.58. The minimum Gasteiger partial charge on any atom is -0.384 e. The highest BCUT2D eigenvalue weighted by Gasteiger charge is 2.39. The molecule has 1 aromatic rings. The number of unbranched alkanes of at least 4 members (excludes halogenated alkanes) is 1. The van der Waals surface area contributed by atoms with E-state index < -0.39 is 11.7 Å². The molecule has 0 amide bonds. The van der Waals surface area contributed by atoms with Crippen molar-refractivity contribution in [1.82, 2.24) is 0 Å². The summed E-state index contributed by atoms with van der Waals surface area (Å²) >= 11 is 0. The summed E-state index contributed by atoms with van der Waals surface area (Å²) in [6, 6.07) is 4.08. The summed E-state index contributed by atoms with van der Waals surface area (Å²) in [5, 5.41) is 3.26. The third-order valence-electron chi connectivity index (χ3n) is 4.22. The van der Waals surface area contributed by atoms with Gasteiger partial charge < -0.3 is 5.32 Å². The van der Waals surface area contributed by atoms with Crippen molar-refractivity contribution < 1.29 is 13.2 Å². The second-order valence-electron chi connectivity index (χ2n) is 5.35. The smallest absolute Gasteiger partial charge is 0.384 e. The van der Waals surface area contributed by atoms with E-state index in [1.165, 1.54) is 6.07 Å². The monoisotopic (exact) mass is 271 g/mol. The molecular formula is C15H20F3N. The first-order valence-corrected chi connectivity index (χ1v) is 6.88. The number of rotatable bonds is 4. The topological polar surface area (TPSA) is 12.0 Å². The summed E-state index contributed by atoms with van der Waals surface area (Å²) in [6.07, 6.45) is -0.335. The van der Waals surface area contributed by atoms with Crippen LogP contribution in [0.2, 0.25) is 0 Å². The zero-order valence-electron chi connectivity index (χ0n) is 11.4. The average molecular weight is 271 g/mol. The molecule has 1 aromatic carbocycles. The molecule has 1 nitrogen and oxygen atoms in total. The van der Waals surface area contributed by atoms with Crippen LogP contribution < -0.4 is 5.32 Å². The van der Waals surface area contributed by atoms with Crippen molar-refractivity contribution in [3.63, 3.8) is 0 Å². The van der Waals surface area contributed by atoms with Crippen molar-refractivity contribution in [2.75, 3.05) is 11.9 Å². The van der Waals surface area contributed by atoms with Gasteiger partial charge in [-0.3, -0.25) is 0 Å².